The maximum absolute atomic E-state index is 13.9. The summed E-state index contributed by atoms with van der Waals surface area (Å²) in [6.07, 6.45) is -0.292. The fraction of sp³-hybridized carbons (Fsp3) is 0.167. The average molecular weight is 359 g/mol. The van der Waals surface area contributed by atoms with Gasteiger partial charge in [0.05, 0.1) is 13.0 Å². The Morgan fingerprint density at radius 2 is 1.92 bits per heavy atom. The standard InChI is InChI=1S/C18H12ClFN2O3/c19-11-5-6-14-12(7-11)18(16(24)21-14)8-15(23)22(17(18)25)9-10-3-1-2-4-13(10)20/h1-7H,8-9H2,(H,21,24). The van der Waals surface area contributed by atoms with E-state index in [0.717, 1.165) is 4.90 Å². The first kappa shape index (κ1) is 15.8. The third kappa shape index (κ3) is 2.17. The minimum atomic E-state index is -1.62. The van der Waals surface area contributed by atoms with Gasteiger partial charge in [0, 0.05) is 21.8 Å². The number of carbonyl (C=O) groups excluding carboxylic acids is 3. The monoisotopic (exact) mass is 358 g/mol. The van der Waals surface area contributed by atoms with Crippen molar-refractivity contribution in [3.05, 3.63) is 64.4 Å². The summed E-state index contributed by atoms with van der Waals surface area (Å²) in [6.45, 7) is -0.213. The van der Waals surface area contributed by atoms with E-state index in [2.05, 4.69) is 5.32 Å². The van der Waals surface area contributed by atoms with Gasteiger partial charge in [0.1, 0.15) is 5.82 Å². The van der Waals surface area contributed by atoms with Crippen molar-refractivity contribution in [2.75, 3.05) is 5.32 Å². The van der Waals surface area contributed by atoms with Gasteiger partial charge in [-0.05, 0) is 24.3 Å². The Morgan fingerprint density at radius 1 is 1.16 bits per heavy atom. The Labute approximate surface area is 147 Å². The molecule has 1 spiro atoms. The molecule has 0 saturated carbocycles. The van der Waals surface area contributed by atoms with E-state index in [4.69, 9.17) is 11.6 Å². The summed E-state index contributed by atoms with van der Waals surface area (Å²) >= 11 is 6.01. The van der Waals surface area contributed by atoms with Gasteiger partial charge in [-0.25, -0.2) is 4.39 Å². The molecule has 0 radical (unpaired) electrons. The Hall–Kier alpha value is -2.73. The van der Waals surface area contributed by atoms with E-state index >= 15 is 0 Å². The quantitative estimate of drug-likeness (QED) is 0.663. The zero-order valence-electron chi connectivity index (χ0n) is 12.9. The second-order valence-electron chi connectivity index (χ2n) is 6.10. The largest absolute Gasteiger partial charge is 0.325 e. The van der Waals surface area contributed by atoms with Gasteiger partial charge in [-0.15, -0.1) is 0 Å². The highest BCUT2D eigenvalue weighted by molar-refractivity contribution is 6.32. The highest BCUT2D eigenvalue weighted by Gasteiger charge is 2.61. The predicted molar refractivity (Wildman–Crippen MR) is 88.3 cm³/mol. The number of fused-ring (bicyclic) bond motifs is 2. The molecule has 1 fully saturated rings. The van der Waals surface area contributed by atoms with Crippen molar-refractivity contribution < 1.29 is 18.8 Å². The van der Waals surface area contributed by atoms with Crippen LogP contribution in [0.25, 0.3) is 0 Å². The van der Waals surface area contributed by atoms with Gasteiger partial charge in [0.15, 0.2) is 5.41 Å². The summed E-state index contributed by atoms with van der Waals surface area (Å²) < 4.78 is 13.9. The molecular formula is C18H12ClFN2O3. The number of halogens is 2. The maximum Gasteiger partial charge on any atom is 0.250 e. The number of imide groups is 1. The molecule has 1 unspecified atom stereocenters. The summed E-state index contributed by atoms with van der Waals surface area (Å²) in [6, 6.07) is 10.6. The molecule has 2 aromatic rings. The molecular weight excluding hydrogens is 347 g/mol. The zero-order valence-corrected chi connectivity index (χ0v) is 13.6. The second-order valence-corrected chi connectivity index (χ2v) is 6.54. The molecule has 0 bridgehead atoms. The van der Waals surface area contributed by atoms with Crippen molar-refractivity contribution in [1.82, 2.24) is 4.90 Å². The maximum atomic E-state index is 13.9. The molecule has 7 heteroatoms. The highest BCUT2D eigenvalue weighted by atomic mass is 35.5. The summed E-state index contributed by atoms with van der Waals surface area (Å²) in [5, 5.41) is 3.00. The third-order valence-corrected chi connectivity index (χ3v) is 4.93. The van der Waals surface area contributed by atoms with Crippen molar-refractivity contribution in [3.63, 3.8) is 0 Å². The molecule has 1 atom stereocenters. The van der Waals surface area contributed by atoms with Crippen molar-refractivity contribution in [2.45, 2.75) is 18.4 Å². The number of anilines is 1. The third-order valence-electron chi connectivity index (χ3n) is 4.69. The van der Waals surface area contributed by atoms with Crippen LogP contribution in [0.4, 0.5) is 10.1 Å². The van der Waals surface area contributed by atoms with E-state index in [1.165, 1.54) is 24.3 Å². The van der Waals surface area contributed by atoms with Crippen LogP contribution >= 0.6 is 11.6 Å². The molecule has 0 aromatic heterocycles. The number of likely N-dealkylation sites (tertiary alicyclic amines) is 1. The van der Waals surface area contributed by atoms with E-state index in [1.54, 1.807) is 18.2 Å². The molecule has 3 amide bonds. The number of carbonyl (C=O) groups is 3. The molecule has 1 N–H and O–H groups in total. The van der Waals surface area contributed by atoms with Gasteiger partial charge < -0.3 is 5.32 Å². The number of amides is 3. The van der Waals surface area contributed by atoms with Crippen LogP contribution in [0.1, 0.15) is 17.5 Å². The van der Waals surface area contributed by atoms with Gasteiger partial charge in [0.2, 0.25) is 17.7 Å². The van der Waals surface area contributed by atoms with Crippen molar-refractivity contribution in [1.29, 1.82) is 0 Å². The molecule has 1 saturated heterocycles. The van der Waals surface area contributed by atoms with E-state index in [0.29, 0.717) is 16.3 Å². The molecule has 2 aliphatic heterocycles. The van der Waals surface area contributed by atoms with E-state index < -0.39 is 29.0 Å². The SMILES string of the molecule is O=C1CC2(C(=O)Nc3ccc(Cl)cc32)C(=O)N1Cc1ccccc1F. The molecule has 0 aliphatic carbocycles. The van der Waals surface area contributed by atoms with Crippen LogP contribution in [-0.4, -0.2) is 22.6 Å². The van der Waals surface area contributed by atoms with Gasteiger partial charge in [-0.2, -0.15) is 0 Å². The second kappa shape index (κ2) is 5.39. The lowest BCUT2D eigenvalue weighted by Gasteiger charge is -2.20. The normalized spacial score (nSPS) is 21.8. The Balaban J connectivity index is 1.76. The van der Waals surface area contributed by atoms with Crippen LogP contribution in [0.3, 0.4) is 0 Å². The van der Waals surface area contributed by atoms with Crippen molar-refractivity contribution in [3.8, 4) is 0 Å². The summed E-state index contributed by atoms with van der Waals surface area (Å²) in [5.41, 5.74) is -0.559. The Morgan fingerprint density at radius 3 is 2.68 bits per heavy atom. The number of hydrogen-bond acceptors (Lipinski definition) is 3. The van der Waals surface area contributed by atoms with E-state index in [9.17, 15) is 18.8 Å². The van der Waals surface area contributed by atoms with Crippen molar-refractivity contribution >= 4 is 35.0 Å². The number of rotatable bonds is 2. The fourth-order valence-corrected chi connectivity index (χ4v) is 3.59. The fourth-order valence-electron chi connectivity index (χ4n) is 3.42. The Kier molecular flexibility index (Phi) is 3.40. The lowest BCUT2D eigenvalue weighted by Crippen LogP contribution is -2.43. The van der Waals surface area contributed by atoms with Crippen LogP contribution in [0.5, 0.6) is 0 Å². The number of nitrogens with one attached hydrogen (secondary N) is 1. The van der Waals surface area contributed by atoms with Gasteiger partial charge in [0.25, 0.3) is 0 Å². The lowest BCUT2D eigenvalue weighted by atomic mass is 9.80. The molecule has 5 nitrogen and oxygen atoms in total. The van der Waals surface area contributed by atoms with Gasteiger partial charge in [-0.3, -0.25) is 19.3 Å². The molecule has 4 rings (SSSR count). The minimum Gasteiger partial charge on any atom is -0.325 e. The first-order valence-electron chi connectivity index (χ1n) is 7.63. The Bertz CT molecular complexity index is 946. The highest BCUT2D eigenvalue weighted by Crippen LogP contribution is 2.46. The van der Waals surface area contributed by atoms with Crippen molar-refractivity contribution in [2.24, 2.45) is 0 Å². The van der Waals surface area contributed by atoms with Crippen LogP contribution in [0, 0.1) is 5.82 Å². The lowest BCUT2D eigenvalue weighted by molar-refractivity contribution is -0.141. The molecule has 126 valence electrons. The number of hydrogen-bond donors (Lipinski definition) is 1. The number of nitrogens with zero attached hydrogens (tertiary/aromatic N) is 1. The summed E-state index contributed by atoms with van der Waals surface area (Å²) in [4.78, 5) is 39.0. The van der Waals surface area contributed by atoms with Crippen LogP contribution in [0.15, 0.2) is 42.5 Å². The van der Waals surface area contributed by atoms with E-state index in [1.807, 2.05) is 0 Å². The minimum absolute atomic E-state index is 0.213. The summed E-state index contributed by atoms with van der Waals surface area (Å²) in [5.74, 6) is -2.24. The first-order chi connectivity index (χ1) is 11.9. The topological polar surface area (TPSA) is 66.5 Å². The number of benzene rings is 2. The predicted octanol–water partition coefficient (Wildman–Crippen LogP) is 2.63. The van der Waals surface area contributed by atoms with Gasteiger partial charge >= 0.3 is 0 Å². The molecule has 25 heavy (non-hydrogen) atoms. The van der Waals surface area contributed by atoms with E-state index in [-0.39, 0.29) is 18.5 Å². The zero-order chi connectivity index (χ0) is 17.8. The first-order valence-corrected chi connectivity index (χ1v) is 8.01. The van der Waals surface area contributed by atoms with Crippen LogP contribution < -0.4 is 5.32 Å². The molecule has 2 aliphatic rings. The van der Waals surface area contributed by atoms with Crippen LogP contribution in [-0.2, 0) is 26.3 Å². The van der Waals surface area contributed by atoms with Crippen LogP contribution in [0.2, 0.25) is 5.02 Å². The smallest absolute Gasteiger partial charge is 0.250 e. The van der Waals surface area contributed by atoms with Gasteiger partial charge in [-0.1, -0.05) is 29.8 Å². The molecule has 2 heterocycles. The summed E-state index contributed by atoms with van der Waals surface area (Å²) in [7, 11) is 0. The average Bonchev–Trinajstić information content (AvgIpc) is 2.99. The molecule has 2 aromatic carbocycles.